The summed E-state index contributed by atoms with van der Waals surface area (Å²) in [4.78, 5) is 12.3. The molecular weight excluding hydrogens is 248 g/mol. The molecule has 0 aliphatic rings. The van der Waals surface area contributed by atoms with Gasteiger partial charge in [0.1, 0.15) is 0 Å². The van der Waals surface area contributed by atoms with Crippen molar-refractivity contribution in [2.75, 3.05) is 5.32 Å². The second kappa shape index (κ2) is 6.03. The molecule has 0 bridgehead atoms. The summed E-state index contributed by atoms with van der Waals surface area (Å²) >= 11 is 0. The highest BCUT2D eigenvalue weighted by Crippen LogP contribution is 2.16. The van der Waals surface area contributed by atoms with Crippen molar-refractivity contribution in [3.63, 3.8) is 0 Å². The predicted octanol–water partition coefficient (Wildman–Crippen LogP) is 3.62. The van der Waals surface area contributed by atoms with E-state index in [2.05, 4.69) is 11.4 Å². The topological polar surface area (TPSA) is 52.9 Å². The van der Waals surface area contributed by atoms with Crippen molar-refractivity contribution in [2.24, 2.45) is 0 Å². The molecule has 0 aromatic heterocycles. The van der Waals surface area contributed by atoms with E-state index in [1.165, 1.54) is 5.56 Å². The van der Waals surface area contributed by atoms with Crippen molar-refractivity contribution in [1.29, 1.82) is 5.26 Å². The molecule has 1 N–H and O–H groups in total. The lowest BCUT2D eigenvalue weighted by molar-refractivity contribution is 0.102. The first kappa shape index (κ1) is 13.8. The molecule has 0 saturated carbocycles. The zero-order valence-electron chi connectivity index (χ0n) is 11.6. The average molecular weight is 264 g/mol. The molecule has 2 aromatic carbocycles. The van der Waals surface area contributed by atoms with Gasteiger partial charge < -0.3 is 5.32 Å². The molecule has 0 atom stereocenters. The highest BCUT2D eigenvalue weighted by molar-refractivity contribution is 6.05. The number of rotatable bonds is 3. The monoisotopic (exact) mass is 264 g/mol. The van der Waals surface area contributed by atoms with Crippen molar-refractivity contribution in [2.45, 2.75) is 20.3 Å². The van der Waals surface area contributed by atoms with Crippen LogP contribution in [0.4, 0.5) is 5.69 Å². The van der Waals surface area contributed by atoms with Gasteiger partial charge >= 0.3 is 0 Å². The van der Waals surface area contributed by atoms with Crippen LogP contribution < -0.4 is 5.32 Å². The Balaban J connectivity index is 2.24. The number of anilines is 1. The van der Waals surface area contributed by atoms with Crippen LogP contribution in [0.2, 0.25) is 0 Å². The van der Waals surface area contributed by atoms with Crippen LogP contribution in [0.3, 0.4) is 0 Å². The van der Waals surface area contributed by atoms with Gasteiger partial charge in [-0.05, 0) is 48.7 Å². The van der Waals surface area contributed by atoms with Gasteiger partial charge in [-0.3, -0.25) is 4.79 Å². The van der Waals surface area contributed by atoms with Gasteiger partial charge in [-0.25, -0.2) is 0 Å². The molecule has 0 saturated heterocycles. The van der Waals surface area contributed by atoms with Gasteiger partial charge in [0.05, 0.1) is 12.5 Å². The minimum atomic E-state index is -0.181. The standard InChI is InChI=1S/C17H16N2O/c1-12-7-8-15(11-13(12)2)19-17(20)16-6-4-3-5-14(16)9-10-18/h3-8,11H,9H2,1-2H3,(H,19,20). The molecule has 0 aliphatic carbocycles. The SMILES string of the molecule is Cc1ccc(NC(=O)c2ccccc2CC#N)cc1C. The van der Waals surface area contributed by atoms with Gasteiger partial charge in [0.15, 0.2) is 0 Å². The van der Waals surface area contributed by atoms with Crippen LogP contribution in [0, 0.1) is 25.2 Å². The Morgan fingerprint density at radius 1 is 1.15 bits per heavy atom. The zero-order valence-corrected chi connectivity index (χ0v) is 11.6. The number of benzene rings is 2. The highest BCUT2D eigenvalue weighted by Gasteiger charge is 2.11. The summed E-state index contributed by atoms with van der Waals surface area (Å²) < 4.78 is 0. The summed E-state index contributed by atoms with van der Waals surface area (Å²) in [6, 6.07) is 15.1. The van der Waals surface area contributed by atoms with Gasteiger partial charge in [-0.2, -0.15) is 5.26 Å². The van der Waals surface area contributed by atoms with Crippen LogP contribution in [-0.4, -0.2) is 5.91 Å². The summed E-state index contributed by atoms with van der Waals surface area (Å²) in [5.74, 6) is -0.181. The van der Waals surface area contributed by atoms with Gasteiger partial charge in [0, 0.05) is 11.3 Å². The molecule has 3 nitrogen and oxygen atoms in total. The Hall–Kier alpha value is -2.60. The number of amides is 1. The molecular formula is C17H16N2O. The summed E-state index contributed by atoms with van der Waals surface area (Å²) in [5, 5.41) is 11.7. The summed E-state index contributed by atoms with van der Waals surface area (Å²) in [6.45, 7) is 4.04. The fraction of sp³-hybridized carbons (Fsp3) is 0.176. The molecule has 0 spiro atoms. The van der Waals surface area contributed by atoms with Crippen molar-refractivity contribution in [3.8, 4) is 6.07 Å². The van der Waals surface area contributed by atoms with Crippen molar-refractivity contribution < 1.29 is 4.79 Å². The Bertz CT molecular complexity index is 684. The number of carbonyl (C=O) groups excluding carboxylic acids is 1. The van der Waals surface area contributed by atoms with Gasteiger partial charge in [0.2, 0.25) is 0 Å². The van der Waals surface area contributed by atoms with Crippen LogP contribution >= 0.6 is 0 Å². The second-order valence-corrected chi connectivity index (χ2v) is 4.75. The number of hydrogen-bond acceptors (Lipinski definition) is 2. The quantitative estimate of drug-likeness (QED) is 0.920. The molecule has 2 aromatic rings. The average Bonchev–Trinajstić information content (AvgIpc) is 2.44. The van der Waals surface area contributed by atoms with E-state index in [-0.39, 0.29) is 12.3 Å². The van der Waals surface area contributed by atoms with E-state index in [1.807, 2.05) is 38.1 Å². The lowest BCUT2D eigenvalue weighted by Crippen LogP contribution is -2.14. The van der Waals surface area contributed by atoms with E-state index in [1.54, 1.807) is 18.2 Å². The third-order valence-corrected chi connectivity index (χ3v) is 3.30. The van der Waals surface area contributed by atoms with Crippen molar-refractivity contribution in [3.05, 3.63) is 64.7 Å². The molecule has 100 valence electrons. The third-order valence-electron chi connectivity index (χ3n) is 3.30. The van der Waals surface area contributed by atoms with Crippen LogP contribution in [-0.2, 0) is 6.42 Å². The molecule has 0 fully saturated rings. The summed E-state index contributed by atoms with van der Waals surface area (Å²) in [7, 11) is 0. The maximum Gasteiger partial charge on any atom is 0.255 e. The molecule has 2 rings (SSSR count). The normalized spacial score (nSPS) is 9.85. The van der Waals surface area contributed by atoms with Gasteiger partial charge in [-0.15, -0.1) is 0 Å². The van der Waals surface area contributed by atoms with E-state index < -0.39 is 0 Å². The Morgan fingerprint density at radius 3 is 2.60 bits per heavy atom. The van der Waals surface area contributed by atoms with E-state index in [9.17, 15) is 4.79 Å². The fourth-order valence-corrected chi connectivity index (χ4v) is 2.00. The third kappa shape index (κ3) is 3.04. The predicted molar refractivity (Wildman–Crippen MR) is 79.6 cm³/mol. The first-order chi connectivity index (χ1) is 9.61. The zero-order chi connectivity index (χ0) is 14.5. The molecule has 0 heterocycles. The molecule has 3 heteroatoms. The second-order valence-electron chi connectivity index (χ2n) is 4.75. The van der Waals surface area contributed by atoms with Crippen LogP contribution in [0.1, 0.15) is 27.0 Å². The Labute approximate surface area is 118 Å². The van der Waals surface area contributed by atoms with Crippen LogP contribution in [0.15, 0.2) is 42.5 Å². The van der Waals surface area contributed by atoms with Crippen LogP contribution in [0.5, 0.6) is 0 Å². The number of hydrogen-bond donors (Lipinski definition) is 1. The molecule has 20 heavy (non-hydrogen) atoms. The Morgan fingerprint density at radius 2 is 1.90 bits per heavy atom. The van der Waals surface area contributed by atoms with E-state index in [4.69, 9.17) is 5.26 Å². The van der Waals surface area contributed by atoms with E-state index in [0.29, 0.717) is 5.56 Å². The molecule has 1 amide bonds. The minimum absolute atomic E-state index is 0.181. The molecule has 0 radical (unpaired) electrons. The highest BCUT2D eigenvalue weighted by atomic mass is 16.1. The smallest absolute Gasteiger partial charge is 0.255 e. The Kier molecular flexibility index (Phi) is 4.17. The minimum Gasteiger partial charge on any atom is -0.322 e. The van der Waals surface area contributed by atoms with Gasteiger partial charge in [-0.1, -0.05) is 24.3 Å². The molecule has 0 aliphatic heterocycles. The van der Waals surface area contributed by atoms with E-state index in [0.717, 1.165) is 16.8 Å². The fourth-order valence-electron chi connectivity index (χ4n) is 2.00. The lowest BCUT2D eigenvalue weighted by atomic mass is 10.0. The number of nitriles is 1. The first-order valence-electron chi connectivity index (χ1n) is 6.45. The maximum atomic E-state index is 12.3. The van der Waals surface area contributed by atoms with Crippen LogP contribution in [0.25, 0.3) is 0 Å². The number of nitrogens with one attached hydrogen (secondary N) is 1. The number of aryl methyl sites for hydroxylation is 2. The van der Waals surface area contributed by atoms with Crippen molar-refractivity contribution in [1.82, 2.24) is 0 Å². The van der Waals surface area contributed by atoms with E-state index >= 15 is 0 Å². The maximum absolute atomic E-state index is 12.3. The number of nitrogens with zero attached hydrogens (tertiary/aromatic N) is 1. The van der Waals surface area contributed by atoms with Crippen molar-refractivity contribution >= 4 is 11.6 Å². The lowest BCUT2D eigenvalue weighted by Gasteiger charge is -2.09. The van der Waals surface area contributed by atoms with Gasteiger partial charge in [0.25, 0.3) is 5.91 Å². The summed E-state index contributed by atoms with van der Waals surface area (Å²) in [6.07, 6.45) is 0.233. The number of carbonyl (C=O) groups is 1. The largest absolute Gasteiger partial charge is 0.322 e. The first-order valence-corrected chi connectivity index (χ1v) is 6.45. The molecule has 0 unspecified atom stereocenters. The summed E-state index contributed by atoms with van der Waals surface area (Å²) in [5.41, 5.74) is 4.38.